The lowest BCUT2D eigenvalue weighted by atomic mass is 9.70. The third-order valence-corrected chi connectivity index (χ3v) is 6.48. The van der Waals surface area contributed by atoms with Crippen molar-refractivity contribution in [3.8, 4) is 0 Å². The Morgan fingerprint density at radius 2 is 1.70 bits per heavy atom. The van der Waals surface area contributed by atoms with Crippen molar-refractivity contribution in [1.29, 1.82) is 0 Å². The van der Waals surface area contributed by atoms with Crippen molar-refractivity contribution in [2.75, 3.05) is 0 Å². The summed E-state index contributed by atoms with van der Waals surface area (Å²) in [5.41, 5.74) is 1.17. The smallest absolute Gasteiger partial charge is 0.0950 e. The Kier molecular flexibility index (Phi) is 5.58. The van der Waals surface area contributed by atoms with Crippen molar-refractivity contribution in [3.63, 3.8) is 0 Å². The van der Waals surface area contributed by atoms with Crippen molar-refractivity contribution in [1.82, 2.24) is 0 Å². The van der Waals surface area contributed by atoms with E-state index in [-0.39, 0.29) is 12.1 Å². The molecule has 0 amide bonds. The molecular weight excluding hydrogens is 286 g/mol. The third-order valence-electron chi connectivity index (χ3n) is 6.48. The summed E-state index contributed by atoms with van der Waals surface area (Å²) in [6.07, 6.45) is 12.7. The number of allylic oxidation sites excluding steroid dienone is 1. The van der Waals surface area contributed by atoms with Gasteiger partial charge in [0.2, 0.25) is 0 Å². The highest BCUT2D eigenvalue weighted by molar-refractivity contribution is 5.96. The van der Waals surface area contributed by atoms with Crippen LogP contribution in [0.5, 0.6) is 0 Å². The molecule has 0 bridgehead atoms. The first-order chi connectivity index (χ1) is 11.0. The van der Waals surface area contributed by atoms with Gasteiger partial charge in [0.05, 0.1) is 18.2 Å². The lowest BCUT2D eigenvalue weighted by Crippen LogP contribution is -2.37. The monoisotopic (exact) mass is 319 g/mol. The number of hydrogen-bond donors (Lipinski definition) is 2. The highest BCUT2D eigenvalue weighted by Gasteiger charge is 2.34. The van der Waals surface area contributed by atoms with Crippen LogP contribution in [0.15, 0.2) is 17.1 Å². The Bertz CT molecular complexity index is 441. The van der Waals surface area contributed by atoms with Crippen LogP contribution in [0.2, 0.25) is 0 Å². The first kappa shape index (κ1) is 17.2. The van der Waals surface area contributed by atoms with Gasteiger partial charge < -0.3 is 10.2 Å². The van der Waals surface area contributed by atoms with E-state index in [0.717, 1.165) is 19.3 Å². The molecule has 3 heteroatoms. The van der Waals surface area contributed by atoms with Crippen molar-refractivity contribution >= 4 is 5.71 Å². The number of rotatable bonds is 3. The maximum atomic E-state index is 10.4. The molecule has 2 N–H and O–H groups in total. The van der Waals surface area contributed by atoms with Gasteiger partial charge in [-0.2, -0.15) is 0 Å². The van der Waals surface area contributed by atoms with Crippen LogP contribution in [0.1, 0.15) is 65.2 Å². The van der Waals surface area contributed by atoms with Gasteiger partial charge in [-0.3, -0.25) is 4.99 Å². The van der Waals surface area contributed by atoms with Crippen LogP contribution >= 0.6 is 0 Å². The summed E-state index contributed by atoms with van der Waals surface area (Å²) in [4.78, 5) is 4.99. The Labute approximate surface area is 140 Å². The van der Waals surface area contributed by atoms with Crippen LogP contribution in [0.25, 0.3) is 0 Å². The zero-order valence-corrected chi connectivity index (χ0v) is 14.7. The Balaban J connectivity index is 1.67. The van der Waals surface area contributed by atoms with E-state index in [1.165, 1.54) is 37.8 Å². The lowest BCUT2D eigenvalue weighted by molar-refractivity contribution is 0.0424. The van der Waals surface area contributed by atoms with Gasteiger partial charge in [-0.05, 0) is 61.9 Å². The van der Waals surface area contributed by atoms with E-state index in [1.54, 1.807) is 0 Å². The molecule has 3 rings (SSSR count). The molecule has 0 aromatic heterocycles. The van der Waals surface area contributed by atoms with E-state index >= 15 is 0 Å². The number of aliphatic hydroxyl groups excluding tert-OH is 2. The van der Waals surface area contributed by atoms with Gasteiger partial charge in [-0.1, -0.05) is 39.2 Å². The summed E-state index contributed by atoms with van der Waals surface area (Å²) in [6.45, 7) is 4.54. The van der Waals surface area contributed by atoms with Crippen molar-refractivity contribution in [2.45, 2.75) is 83.5 Å². The number of dihydropyridines is 1. The molecule has 1 heterocycles. The summed E-state index contributed by atoms with van der Waals surface area (Å²) in [5, 5.41) is 20.3. The van der Waals surface area contributed by atoms with Crippen LogP contribution in [0.4, 0.5) is 0 Å². The van der Waals surface area contributed by atoms with Crippen molar-refractivity contribution < 1.29 is 10.2 Å². The molecule has 3 nitrogen and oxygen atoms in total. The van der Waals surface area contributed by atoms with Crippen LogP contribution in [0.3, 0.4) is 0 Å². The summed E-state index contributed by atoms with van der Waals surface area (Å²) < 4.78 is 0. The second-order valence-electron chi connectivity index (χ2n) is 8.31. The Hall–Kier alpha value is -0.670. The van der Waals surface area contributed by atoms with E-state index in [4.69, 9.17) is 4.99 Å². The lowest BCUT2D eigenvalue weighted by Gasteiger charge is -2.38. The molecule has 4 atom stereocenters. The molecule has 0 saturated heterocycles. The largest absolute Gasteiger partial charge is 0.393 e. The van der Waals surface area contributed by atoms with E-state index in [2.05, 4.69) is 19.9 Å². The summed E-state index contributed by atoms with van der Waals surface area (Å²) in [5.74, 6) is 2.25. The normalized spacial score (nSPS) is 42.5. The number of aliphatic hydroxyl groups is 2. The van der Waals surface area contributed by atoms with Crippen LogP contribution < -0.4 is 0 Å². The molecule has 0 aromatic rings. The number of nitrogens with zero attached hydrogens (tertiary/aromatic N) is 1. The number of aliphatic imine (C=N–C) groups is 1. The second-order valence-corrected chi connectivity index (χ2v) is 8.31. The fourth-order valence-corrected chi connectivity index (χ4v) is 5.12. The summed E-state index contributed by atoms with van der Waals surface area (Å²) in [7, 11) is 0. The highest BCUT2D eigenvalue weighted by Crippen LogP contribution is 2.38. The first-order valence-electron chi connectivity index (χ1n) is 9.65. The second kappa shape index (κ2) is 7.48. The van der Waals surface area contributed by atoms with Crippen LogP contribution in [0, 0.1) is 23.7 Å². The molecule has 2 saturated carbocycles. The van der Waals surface area contributed by atoms with Crippen LogP contribution in [-0.2, 0) is 0 Å². The molecule has 2 aliphatic carbocycles. The average molecular weight is 319 g/mol. The van der Waals surface area contributed by atoms with Crippen molar-refractivity contribution in [3.05, 3.63) is 12.2 Å². The molecule has 0 spiro atoms. The minimum Gasteiger partial charge on any atom is -0.393 e. The molecule has 3 aliphatic rings. The van der Waals surface area contributed by atoms with Gasteiger partial charge in [0.25, 0.3) is 0 Å². The molecule has 0 radical (unpaired) electrons. The Morgan fingerprint density at radius 3 is 2.35 bits per heavy atom. The third kappa shape index (κ3) is 4.06. The first-order valence-corrected chi connectivity index (χ1v) is 9.65. The molecule has 130 valence electrons. The molecule has 23 heavy (non-hydrogen) atoms. The zero-order valence-electron chi connectivity index (χ0n) is 14.7. The summed E-state index contributed by atoms with van der Waals surface area (Å²) >= 11 is 0. The Morgan fingerprint density at radius 1 is 1.04 bits per heavy atom. The maximum Gasteiger partial charge on any atom is 0.0950 e. The molecule has 4 unspecified atom stereocenters. The quantitative estimate of drug-likeness (QED) is 0.832. The highest BCUT2D eigenvalue weighted by atomic mass is 16.3. The predicted octanol–water partition coefficient (Wildman–Crippen LogP) is 3.74. The van der Waals surface area contributed by atoms with Gasteiger partial charge in [0, 0.05) is 5.71 Å². The van der Waals surface area contributed by atoms with Gasteiger partial charge in [-0.15, -0.1) is 0 Å². The van der Waals surface area contributed by atoms with Gasteiger partial charge in [-0.25, -0.2) is 0 Å². The molecule has 1 aliphatic heterocycles. The van der Waals surface area contributed by atoms with Gasteiger partial charge >= 0.3 is 0 Å². The predicted molar refractivity (Wildman–Crippen MR) is 94.6 cm³/mol. The minimum absolute atomic E-state index is 0.0788. The molecule has 0 aromatic carbocycles. The maximum absolute atomic E-state index is 10.4. The number of hydrogen-bond acceptors (Lipinski definition) is 3. The van der Waals surface area contributed by atoms with Crippen molar-refractivity contribution in [2.24, 2.45) is 28.7 Å². The minimum atomic E-state index is -0.398. The fraction of sp³-hybridized carbons (Fsp3) is 0.850. The standard InChI is InChI=1S/C20H33NO2/c1-13-10-17(22)11-14(2)18(13)12-16-8-9-19(23)20(21-16)15-6-4-3-5-7-15/h8-9,13-15,17-20,22-23H,3-7,10-12H2,1-2H3. The van der Waals surface area contributed by atoms with E-state index < -0.39 is 6.10 Å². The van der Waals surface area contributed by atoms with E-state index in [9.17, 15) is 10.2 Å². The van der Waals surface area contributed by atoms with Gasteiger partial charge in [0.15, 0.2) is 0 Å². The topological polar surface area (TPSA) is 52.8 Å². The van der Waals surface area contributed by atoms with E-state index in [0.29, 0.717) is 23.7 Å². The van der Waals surface area contributed by atoms with E-state index in [1.807, 2.05) is 6.08 Å². The SMILES string of the molecule is CC1CC(O)CC(C)C1CC1=NC(C2CCCCC2)C(O)C=C1. The summed E-state index contributed by atoms with van der Waals surface area (Å²) in [6, 6.07) is 0.0788. The fourth-order valence-electron chi connectivity index (χ4n) is 5.12. The molecule has 2 fully saturated rings. The average Bonchev–Trinajstić information content (AvgIpc) is 2.53. The van der Waals surface area contributed by atoms with Crippen LogP contribution in [-0.4, -0.2) is 34.2 Å². The molecular formula is C20H33NO2. The van der Waals surface area contributed by atoms with Gasteiger partial charge in [0.1, 0.15) is 0 Å². The zero-order chi connectivity index (χ0) is 16.4.